The number of likely N-dealkylation sites (tertiary alicyclic amines) is 1. The van der Waals surface area contributed by atoms with Crippen LogP contribution < -0.4 is 0 Å². The van der Waals surface area contributed by atoms with Crippen LogP contribution in [0.2, 0.25) is 0 Å². The van der Waals surface area contributed by atoms with Gasteiger partial charge in [-0.15, -0.1) is 0 Å². The Hall–Kier alpha value is -0.610. The molecule has 0 spiro atoms. The molecular weight excluding hydrogens is 230 g/mol. The van der Waals surface area contributed by atoms with Gasteiger partial charge in [0.2, 0.25) is 5.91 Å². The Bertz CT molecular complexity index is 281. The van der Waals surface area contributed by atoms with E-state index in [0.717, 1.165) is 45.2 Å². The van der Waals surface area contributed by atoms with Crippen LogP contribution in [0.3, 0.4) is 0 Å². The maximum absolute atomic E-state index is 12.3. The van der Waals surface area contributed by atoms with Crippen molar-refractivity contribution < 1.29 is 14.6 Å². The summed E-state index contributed by atoms with van der Waals surface area (Å²) in [7, 11) is 1.72. The normalized spacial score (nSPS) is 26.8. The van der Waals surface area contributed by atoms with E-state index in [1.54, 1.807) is 7.11 Å². The van der Waals surface area contributed by atoms with E-state index in [4.69, 9.17) is 9.84 Å². The molecule has 1 heterocycles. The van der Waals surface area contributed by atoms with Crippen LogP contribution >= 0.6 is 0 Å². The van der Waals surface area contributed by atoms with Crippen molar-refractivity contribution in [3.63, 3.8) is 0 Å². The second kappa shape index (κ2) is 6.02. The molecule has 104 valence electrons. The molecule has 2 fully saturated rings. The Balaban J connectivity index is 1.84. The zero-order valence-corrected chi connectivity index (χ0v) is 11.4. The second-order valence-electron chi connectivity index (χ2n) is 5.78. The number of carbonyl (C=O) groups is 1. The van der Waals surface area contributed by atoms with E-state index in [-0.39, 0.29) is 18.1 Å². The van der Waals surface area contributed by atoms with E-state index in [1.165, 1.54) is 6.42 Å². The SMILES string of the molecule is COC1(CC(=O)N2CCCC(CCO)C2)CCC1. The Morgan fingerprint density at radius 1 is 1.44 bits per heavy atom. The molecule has 18 heavy (non-hydrogen) atoms. The smallest absolute Gasteiger partial charge is 0.225 e. The van der Waals surface area contributed by atoms with Crippen LogP contribution in [0.4, 0.5) is 0 Å². The molecule has 2 aliphatic rings. The first-order valence-corrected chi connectivity index (χ1v) is 7.13. The predicted molar refractivity (Wildman–Crippen MR) is 69.2 cm³/mol. The van der Waals surface area contributed by atoms with Gasteiger partial charge in [0.15, 0.2) is 0 Å². The van der Waals surface area contributed by atoms with Gasteiger partial charge in [0.25, 0.3) is 0 Å². The van der Waals surface area contributed by atoms with Crippen molar-refractivity contribution in [1.82, 2.24) is 4.90 Å². The lowest BCUT2D eigenvalue weighted by molar-refractivity contribution is -0.145. The third-order valence-corrected chi connectivity index (χ3v) is 4.58. The standard InChI is InChI=1S/C14H25NO3/c1-18-14(6-3-7-14)10-13(17)15-8-2-4-12(11-15)5-9-16/h12,16H,2-11H2,1H3. The Kier molecular flexibility index (Phi) is 4.62. The van der Waals surface area contributed by atoms with Crippen molar-refractivity contribution in [2.75, 3.05) is 26.8 Å². The minimum Gasteiger partial charge on any atom is -0.396 e. The maximum atomic E-state index is 12.3. The average molecular weight is 255 g/mol. The number of aliphatic hydroxyl groups excluding tert-OH is 1. The molecule has 1 amide bonds. The van der Waals surface area contributed by atoms with Crippen LogP contribution in [-0.2, 0) is 9.53 Å². The van der Waals surface area contributed by atoms with Gasteiger partial charge in [0, 0.05) is 26.8 Å². The maximum Gasteiger partial charge on any atom is 0.225 e. The lowest BCUT2D eigenvalue weighted by atomic mass is 9.77. The Morgan fingerprint density at radius 2 is 2.22 bits per heavy atom. The molecule has 0 aromatic rings. The quantitative estimate of drug-likeness (QED) is 0.811. The largest absolute Gasteiger partial charge is 0.396 e. The predicted octanol–water partition coefficient (Wildman–Crippen LogP) is 1.57. The highest BCUT2D eigenvalue weighted by atomic mass is 16.5. The number of aliphatic hydroxyl groups is 1. The molecule has 1 unspecified atom stereocenters. The highest BCUT2D eigenvalue weighted by Gasteiger charge is 2.40. The zero-order chi connectivity index (χ0) is 13.0. The molecule has 1 aliphatic heterocycles. The summed E-state index contributed by atoms with van der Waals surface area (Å²) in [6, 6.07) is 0. The van der Waals surface area contributed by atoms with Crippen LogP contribution in [0.25, 0.3) is 0 Å². The van der Waals surface area contributed by atoms with E-state index < -0.39 is 0 Å². The lowest BCUT2D eigenvalue weighted by Crippen LogP contribution is -2.47. The van der Waals surface area contributed by atoms with E-state index in [1.807, 2.05) is 4.90 Å². The number of hydrogen-bond donors (Lipinski definition) is 1. The fourth-order valence-electron chi connectivity index (χ4n) is 3.12. The van der Waals surface area contributed by atoms with E-state index in [0.29, 0.717) is 12.3 Å². The minimum atomic E-state index is -0.166. The molecule has 0 radical (unpaired) electrons. The van der Waals surface area contributed by atoms with Gasteiger partial charge >= 0.3 is 0 Å². The van der Waals surface area contributed by atoms with Gasteiger partial charge in [0.05, 0.1) is 12.0 Å². The molecule has 0 aromatic carbocycles. The Morgan fingerprint density at radius 3 is 2.78 bits per heavy atom. The first kappa shape index (κ1) is 13.8. The summed E-state index contributed by atoms with van der Waals surface area (Å²) in [5.41, 5.74) is -0.166. The summed E-state index contributed by atoms with van der Waals surface area (Å²) in [6.07, 6.45) is 6.77. The van der Waals surface area contributed by atoms with Gasteiger partial charge < -0.3 is 14.7 Å². The minimum absolute atomic E-state index is 0.166. The highest BCUT2D eigenvalue weighted by Crippen LogP contribution is 2.38. The highest BCUT2D eigenvalue weighted by molar-refractivity contribution is 5.77. The van der Waals surface area contributed by atoms with Crippen LogP contribution in [0.5, 0.6) is 0 Å². The summed E-state index contributed by atoms with van der Waals surface area (Å²) in [5.74, 6) is 0.715. The zero-order valence-electron chi connectivity index (χ0n) is 11.4. The van der Waals surface area contributed by atoms with Crippen molar-refractivity contribution in [2.45, 2.75) is 50.5 Å². The number of ether oxygens (including phenoxy) is 1. The van der Waals surface area contributed by atoms with Crippen LogP contribution in [-0.4, -0.2) is 48.3 Å². The van der Waals surface area contributed by atoms with E-state index >= 15 is 0 Å². The number of nitrogens with zero attached hydrogens (tertiary/aromatic N) is 1. The summed E-state index contributed by atoms with van der Waals surface area (Å²) >= 11 is 0. The third kappa shape index (κ3) is 3.04. The molecule has 1 saturated carbocycles. The van der Waals surface area contributed by atoms with Crippen molar-refractivity contribution in [2.24, 2.45) is 5.92 Å². The molecule has 4 nitrogen and oxygen atoms in total. The molecule has 1 N–H and O–H groups in total. The molecule has 0 aromatic heterocycles. The van der Waals surface area contributed by atoms with Crippen LogP contribution in [0.1, 0.15) is 44.9 Å². The number of carbonyl (C=O) groups excluding carboxylic acids is 1. The first-order chi connectivity index (χ1) is 8.69. The monoisotopic (exact) mass is 255 g/mol. The molecule has 1 saturated heterocycles. The van der Waals surface area contributed by atoms with Crippen molar-refractivity contribution in [3.05, 3.63) is 0 Å². The van der Waals surface area contributed by atoms with E-state index in [2.05, 4.69) is 0 Å². The van der Waals surface area contributed by atoms with Gasteiger partial charge in [-0.25, -0.2) is 0 Å². The second-order valence-corrected chi connectivity index (χ2v) is 5.78. The van der Waals surface area contributed by atoms with Gasteiger partial charge in [0.1, 0.15) is 0 Å². The average Bonchev–Trinajstić information content (AvgIpc) is 2.34. The lowest BCUT2D eigenvalue weighted by Gasteiger charge is -2.42. The van der Waals surface area contributed by atoms with Gasteiger partial charge in [-0.05, 0) is 44.4 Å². The summed E-state index contributed by atoms with van der Waals surface area (Å²) in [6.45, 7) is 1.93. The third-order valence-electron chi connectivity index (χ3n) is 4.58. The van der Waals surface area contributed by atoms with Gasteiger partial charge in [-0.1, -0.05) is 0 Å². The van der Waals surface area contributed by atoms with Crippen molar-refractivity contribution >= 4 is 5.91 Å². The first-order valence-electron chi connectivity index (χ1n) is 7.13. The molecular formula is C14H25NO3. The molecule has 1 aliphatic carbocycles. The van der Waals surface area contributed by atoms with Crippen LogP contribution in [0.15, 0.2) is 0 Å². The molecule has 0 bridgehead atoms. The number of piperidine rings is 1. The molecule has 4 heteroatoms. The summed E-state index contributed by atoms with van der Waals surface area (Å²) in [5, 5.41) is 8.99. The molecule has 2 rings (SSSR count). The number of amides is 1. The van der Waals surface area contributed by atoms with Gasteiger partial charge in [-0.3, -0.25) is 4.79 Å². The fraction of sp³-hybridized carbons (Fsp3) is 0.929. The van der Waals surface area contributed by atoms with Gasteiger partial charge in [-0.2, -0.15) is 0 Å². The molecule has 1 atom stereocenters. The summed E-state index contributed by atoms with van der Waals surface area (Å²) in [4.78, 5) is 14.3. The summed E-state index contributed by atoms with van der Waals surface area (Å²) < 4.78 is 5.52. The van der Waals surface area contributed by atoms with Crippen molar-refractivity contribution in [1.29, 1.82) is 0 Å². The topological polar surface area (TPSA) is 49.8 Å². The fourth-order valence-corrected chi connectivity index (χ4v) is 3.12. The van der Waals surface area contributed by atoms with E-state index in [9.17, 15) is 4.79 Å². The number of rotatable bonds is 5. The van der Waals surface area contributed by atoms with Crippen LogP contribution in [0, 0.1) is 5.92 Å². The Labute approximate surface area is 109 Å². The van der Waals surface area contributed by atoms with Crippen molar-refractivity contribution in [3.8, 4) is 0 Å². The number of methoxy groups -OCH3 is 1. The number of hydrogen-bond acceptors (Lipinski definition) is 3.